The van der Waals surface area contributed by atoms with Gasteiger partial charge in [-0.25, -0.2) is 0 Å². The van der Waals surface area contributed by atoms with Crippen LogP contribution < -0.4 is 0 Å². The molecule has 1 saturated heterocycles. The summed E-state index contributed by atoms with van der Waals surface area (Å²) in [6, 6.07) is 0. The molecular weight excluding hydrogens is 124 g/mol. The molecule has 1 saturated carbocycles. The molecule has 1 radical (unpaired) electrons. The maximum absolute atomic E-state index is 5.28. The number of hydrogen-bond acceptors (Lipinski definition) is 1. The maximum Gasteiger partial charge on any atom is 0.0468 e. The standard InChI is InChI=1S/C9H15O/c1-2-8(1)7-9-3-5-10-6-4-9/h7-9H,1-6H2. The molecule has 0 bridgehead atoms. The van der Waals surface area contributed by atoms with Crippen molar-refractivity contribution in [2.75, 3.05) is 13.2 Å². The first-order chi connectivity index (χ1) is 4.95. The molecule has 2 rings (SSSR count). The zero-order valence-corrected chi connectivity index (χ0v) is 6.38. The van der Waals surface area contributed by atoms with Crippen molar-refractivity contribution in [1.82, 2.24) is 0 Å². The van der Waals surface area contributed by atoms with Gasteiger partial charge in [-0.3, -0.25) is 0 Å². The molecule has 0 atom stereocenters. The minimum atomic E-state index is 0.890. The lowest BCUT2D eigenvalue weighted by molar-refractivity contribution is 0.0735. The Balaban J connectivity index is 1.69. The highest BCUT2D eigenvalue weighted by molar-refractivity contribution is 4.92. The van der Waals surface area contributed by atoms with Crippen LogP contribution >= 0.6 is 0 Å². The Morgan fingerprint density at radius 2 is 1.50 bits per heavy atom. The number of rotatable bonds is 2. The van der Waals surface area contributed by atoms with Crippen LogP contribution in [-0.2, 0) is 4.74 Å². The van der Waals surface area contributed by atoms with Gasteiger partial charge >= 0.3 is 0 Å². The molecule has 2 aliphatic rings. The molecule has 1 aliphatic carbocycles. The minimum absolute atomic E-state index is 0.890. The van der Waals surface area contributed by atoms with Gasteiger partial charge in [0.05, 0.1) is 0 Å². The molecule has 0 aromatic heterocycles. The Hall–Kier alpha value is -0.0400. The Morgan fingerprint density at radius 1 is 0.900 bits per heavy atom. The summed E-state index contributed by atoms with van der Waals surface area (Å²) in [6.07, 6.45) is 8.02. The smallest absolute Gasteiger partial charge is 0.0468 e. The second-order valence-corrected chi connectivity index (χ2v) is 3.48. The van der Waals surface area contributed by atoms with Gasteiger partial charge in [0.2, 0.25) is 0 Å². The summed E-state index contributed by atoms with van der Waals surface area (Å²) in [4.78, 5) is 0. The van der Waals surface area contributed by atoms with Crippen LogP contribution in [-0.4, -0.2) is 13.2 Å². The van der Waals surface area contributed by atoms with E-state index in [1.54, 1.807) is 0 Å². The summed E-state index contributed by atoms with van der Waals surface area (Å²) < 4.78 is 5.28. The van der Waals surface area contributed by atoms with Crippen LogP contribution in [0.4, 0.5) is 0 Å². The fourth-order valence-electron chi connectivity index (χ4n) is 1.58. The van der Waals surface area contributed by atoms with Crippen LogP contribution in [0.3, 0.4) is 0 Å². The van der Waals surface area contributed by atoms with Gasteiger partial charge in [0.15, 0.2) is 0 Å². The van der Waals surface area contributed by atoms with Crippen molar-refractivity contribution in [1.29, 1.82) is 0 Å². The van der Waals surface area contributed by atoms with E-state index in [1.807, 2.05) is 0 Å². The van der Waals surface area contributed by atoms with Crippen molar-refractivity contribution >= 4 is 0 Å². The fourth-order valence-corrected chi connectivity index (χ4v) is 1.58. The van der Waals surface area contributed by atoms with Crippen molar-refractivity contribution < 1.29 is 4.74 Å². The van der Waals surface area contributed by atoms with Gasteiger partial charge < -0.3 is 4.74 Å². The minimum Gasteiger partial charge on any atom is -0.381 e. The van der Waals surface area contributed by atoms with Gasteiger partial charge in [0, 0.05) is 13.2 Å². The predicted octanol–water partition coefficient (Wildman–Crippen LogP) is 2.03. The van der Waals surface area contributed by atoms with Crippen LogP contribution in [0.25, 0.3) is 0 Å². The van der Waals surface area contributed by atoms with Crippen molar-refractivity contribution in [2.24, 2.45) is 11.8 Å². The number of hydrogen-bond donors (Lipinski definition) is 0. The van der Waals surface area contributed by atoms with E-state index in [2.05, 4.69) is 6.42 Å². The third kappa shape index (κ3) is 1.72. The average Bonchev–Trinajstić information content (AvgIpc) is 2.74. The lowest BCUT2D eigenvalue weighted by Crippen LogP contribution is -2.16. The van der Waals surface area contributed by atoms with Crippen LogP contribution in [0.1, 0.15) is 25.7 Å². The maximum atomic E-state index is 5.28. The van der Waals surface area contributed by atoms with E-state index in [4.69, 9.17) is 4.74 Å². The molecule has 2 fully saturated rings. The molecule has 0 unspecified atom stereocenters. The normalized spacial score (nSPS) is 28.8. The first kappa shape index (κ1) is 6.66. The summed E-state index contributed by atoms with van der Waals surface area (Å²) in [6.45, 7) is 1.99. The number of ether oxygens (including phenoxy) is 1. The van der Waals surface area contributed by atoms with Crippen LogP contribution in [0.15, 0.2) is 0 Å². The molecule has 0 N–H and O–H groups in total. The van der Waals surface area contributed by atoms with Crippen molar-refractivity contribution in [3.63, 3.8) is 0 Å². The molecule has 0 aromatic carbocycles. The van der Waals surface area contributed by atoms with E-state index >= 15 is 0 Å². The first-order valence-electron chi connectivity index (χ1n) is 4.38. The van der Waals surface area contributed by atoms with Gasteiger partial charge in [0.25, 0.3) is 0 Å². The summed E-state index contributed by atoms with van der Waals surface area (Å²) >= 11 is 0. The largest absolute Gasteiger partial charge is 0.381 e. The summed E-state index contributed by atoms with van der Waals surface area (Å²) in [5, 5.41) is 0. The third-order valence-corrected chi connectivity index (χ3v) is 2.43. The molecule has 57 valence electrons. The monoisotopic (exact) mass is 139 g/mol. The Kier molecular flexibility index (Phi) is 1.94. The molecule has 1 heterocycles. The summed E-state index contributed by atoms with van der Waals surface area (Å²) in [5.74, 6) is 1.88. The van der Waals surface area contributed by atoms with E-state index in [0.717, 1.165) is 25.0 Å². The fraction of sp³-hybridized carbons (Fsp3) is 0.889. The molecule has 10 heavy (non-hydrogen) atoms. The Labute approximate surface area is 62.8 Å². The Bertz CT molecular complexity index is 101. The van der Waals surface area contributed by atoms with E-state index in [1.165, 1.54) is 25.7 Å². The van der Waals surface area contributed by atoms with Gasteiger partial charge in [-0.05, 0) is 43.9 Å². The first-order valence-corrected chi connectivity index (χ1v) is 4.38. The lowest BCUT2D eigenvalue weighted by Gasteiger charge is -2.21. The molecule has 0 aromatic rings. The van der Waals surface area contributed by atoms with E-state index < -0.39 is 0 Å². The van der Waals surface area contributed by atoms with Gasteiger partial charge in [-0.15, -0.1) is 0 Å². The summed E-state index contributed by atoms with van der Waals surface area (Å²) in [7, 11) is 0. The second kappa shape index (κ2) is 2.91. The van der Waals surface area contributed by atoms with Crippen molar-refractivity contribution in [3.8, 4) is 0 Å². The topological polar surface area (TPSA) is 9.23 Å². The summed E-state index contributed by atoms with van der Waals surface area (Å²) in [5.41, 5.74) is 0. The lowest BCUT2D eigenvalue weighted by atomic mass is 9.94. The van der Waals surface area contributed by atoms with Gasteiger partial charge in [-0.1, -0.05) is 0 Å². The third-order valence-electron chi connectivity index (χ3n) is 2.43. The predicted molar refractivity (Wildman–Crippen MR) is 40.6 cm³/mol. The van der Waals surface area contributed by atoms with Crippen LogP contribution in [0, 0.1) is 18.3 Å². The average molecular weight is 139 g/mol. The quantitative estimate of drug-likeness (QED) is 0.568. The SMILES string of the molecule is [CH](C1CCOCC1)C1CC1. The molecular formula is C9H15O. The van der Waals surface area contributed by atoms with Crippen LogP contribution in [0.2, 0.25) is 0 Å². The molecule has 0 amide bonds. The van der Waals surface area contributed by atoms with Crippen molar-refractivity contribution in [3.05, 3.63) is 6.42 Å². The van der Waals surface area contributed by atoms with E-state index in [0.29, 0.717) is 0 Å². The second-order valence-electron chi connectivity index (χ2n) is 3.48. The van der Waals surface area contributed by atoms with Crippen LogP contribution in [0.5, 0.6) is 0 Å². The van der Waals surface area contributed by atoms with Gasteiger partial charge in [-0.2, -0.15) is 0 Å². The highest BCUT2D eigenvalue weighted by Gasteiger charge is 2.26. The zero-order chi connectivity index (χ0) is 6.81. The molecule has 0 spiro atoms. The van der Waals surface area contributed by atoms with Crippen molar-refractivity contribution in [2.45, 2.75) is 25.7 Å². The van der Waals surface area contributed by atoms with E-state index in [9.17, 15) is 0 Å². The molecule has 1 heteroatoms. The highest BCUT2D eigenvalue weighted by atomic mass is 16.5. The molecule has 1 aliphatic heterocycles. The molecule has 1 nitrogen and oxygen atoms in total. The van der Waals surface area contributed by atoms with Gasteiger partial charge in [0.1, 0.15) is 0 Å². The van der Waals surface area contributed by atoms with E-state index in [-0.39, 0.29) is 0 Å². The Morgan fingerprint density at radius 3 is 2.10 bits per heavy atom. The highest BCUT2D eigenvalue weighted by Crippen LogP contribution is 2.36. The zero-order valence-electron chi connectivity index (χ0n) is 6.38.